The lowest BCUT2D eigenvalue weighted by atomic mass is 10.0. The van der Waals surface area contributed by atoms with Crippen LogP contribution in [0.5, 0.6) is 0 Å². The molecule has 0 amide bonds. The van der Waals surface area contributed by atoms with Crippen molar-refractivity contribution in [2.45, 2.75) is 38.6 Å². The van der Waals surface area contributed by atoms with Gasteiger partial charge < -0.3 is 14.6 Å². The van der Waals surface area contributed by atoms with Gasteiger partial charge in [-0.3, -0.25) is 4.79 Å². The zero-order chi connectivity index (χ0) is 9.84. The van der Waals surface area contributed by atoms with E-state index in [4.69, 9.17) is 9.47 Å². The van der Waals surface area contributed by atoms with Crippen molar-refractivity contribution in [3.8, 4) is 0 Å². The zero-order valence-corrected chi connectivity index (χ0v) is 7.77. The van der Waals surface area contributed by atoms with Gasteiger partial charge >= 0.3 is 5.97 Å². The summed E-state index contributed by atoms with van der Waals surface area (Å²) >= 11 is 0. The average Bonchev–Trinajstić information content (AvgIpc) is 2.08. The molecule has 1 aliphatic rings. The van der Waals surface area contributed by atoms with Gasteiger partial charge in [0.05, 0.1) is 6.26 Å². The fraction of sp³-hybridized carbons (Fsp3) is 0.667. The van der Waals surface area contributed by atoms with E-state index in [2.05, 4.69) is 0 Å². The monoisotopic (exact) mass is 186 g/mol. The van der Waals surface area contributed by atoms with Crippen molar-refractivity contribution in [2.75, 3.05) is 0 Å². The van der Waals surface area contributed by atoms with E-state index >= 15 is 0 Å². The Hall–Kier alpha value is -1.03. The van der Waals surface area contributed by atoms with E-state index in [-0.39, 0.29) is 6.10 Å². The molecule has 0 unspecified atom stereocenters. The summed E-state index contributed by atoms with van der Waals surface area (Å²) in [7, 11) is 0. The van der Waals surface area contributed by atoms with E-state index in [0.717, 1.165) is 0 Å². The summed E-state index contributed by atoms with van der Waals surface area (Å²) in [6, 6.07) is 0. The molecule has 74 valence electrons. The molecule has 0 radical (unpaired) electrons. The van der Waals surface area contributed by atoms with Crippen LogP contribution in [0.1, 0.15) is 20.3 Å². The maximum absolute atomic E-state index is 10.6. The van der Waals surface area contributed by atoms with Gasteiger partial charge in [-0.25, -0.2) is 0 Å². The topological polar surface area (TPSA) is 55.8 Å². The van der Waals surface area contributed by atoms with Crippen LogP contribution in [-0.4, -0.2) is 29.4 Å². The van der Waals surface area contributed by atoms with Crippen molar-refractivity contribution in [2.24, 2.45) is 0 Å². The zero-order valence-electron chi connectivity index (χ0n) is 7.77. The number of aliphatic hydroxyl groups excluding tert-OH is 1. The molecule has 1 N–H and O–H groups in total. The first-order chi connectivity index (χ1) is 6.15. The van der Waals surface area contributed by atoms with Crippen molar-refractivity contribution in [1.29, 1.82) is 0 Å². The van der Waals surface area contributed by atoms with Gasteiger partial charge in [-0.05, 0) is 12.5 Å². The van der Waals surface area contributed by atoms with E-state index < -0.39 is 18.2 Å². The van der Waals surface area contributed by atoms with Crippen LogP contribution in [0.3, 0.4) is 0 Å². The van der Waals surface area contributed by atoms with E-state index in [1.165, 1.54) is 19.3 Å². The Balaban J connectivity index is 2.59. The Labute approximate surface area is 77.1 Å². The molecule has 1 aliphatic heterocycles. The molecule has 0 saturated heterocycles. The summed E-state index contributed by atoms with van der Waals surface area (Å²) < 4.78 is 10.0. The van der Waals surface area contributed by atoms with Crippen LogP contribution in [0.4, 0.5) is 0 Å². The number of aliphatic hydroxyl groups is 1. The highest BCUT2D eigenvalue weighted by molar-refractivity contribution is 5.66. The molecule has 0 spiro atoms. The molecule has 0 saturated carbocycles. The number of carbonyl (C=O) groups excluding carboxylic acids is 1. The van der Waals surface area contributed by atoms with Gasteiger partial charge in [0.2, 0.25) is 0 Å². The molecular weight excluding hydrogens is 172 g/mol. The maximum atomic E-state index is 10.6. The quantitative estimate of drug-likeness (QED) is 0.642. The van der Waals surface area contributed by atoms with Gasteiger partial charge in [-0.2, -0.15) is 0 Å². The molecular formula is C9H14O4. The maximum Gasteiger partial charge on any atom is 0.303 e. The summed E-state index contributed by atoms with van der Waals surface area (Å²) in [5.74, 6) is -0.398. The molecule has 0 aliphatic carbocycles. The third-order valence-electron chi connectivity index (χ3n) is 1.94. The van der Waals surface area contributed by atoms with Gasteiger partial charge in [0, 0.05) is 6.92 Å². The minimum absolute atomic E-state index is 0.283. The molecule has 0 aromatic rings. The summed E-state index contributed by atoms with van der Waals surface area (Å²) in [5.41, 5.74) is 0. The standard InChI is InChI=1S/C9H14O4/c1-3-7-9(11)8(4-5-12-7)13-6(2)10/h4-5,7-9,11H,3H2,1-2H3/t7-,8-,9-/m1/s1. The van der Waals surface area contributed by atoms with Crippen LogP contribution in [0.25, 0.3) is 0 Å². The summed E-state index contributed by atoms with van der Waals surface area (Å²) in [4.78, 5) is 10.6. The first-order valence-corrected chi connectivity index (χ1v) is 4.32. The Morgan fingerprint density at radius 1 is 1.69 bits per heavy atom. The van der Waals surface area contributed by atoms with Crippen molar-refractivity contribution < 1.29 is 19.4 Å². The fourth-order valence-electron chi connectivity index (χ4n) is 1.27. The smallest absolute Gasteiger partial charge is 0.303 e. The summed E-state index contributed by atoms with van der Waals surface area (Å²) in [5, 5.41) is 9.62. The fourth-order valence-corrected chi connectivity index (χ4v) is 1.27. The molecule has 3 atom stereocenters. The van der Waals surface area contributed by atoms with Crippen LogP contribution in [0.2, 0.25) is 0 Å². The summed E-state index contributed by atoms with van der Waals surface area (Å²) in [6.07, 6.45) is 2.07. The number of ether oxygens (including phenoxy) is 2. The van der Waals surface area contributed by atoms with E-state index in [9.17, 15) is 9.90 Å². The largest absolute Gasteiger partial charge is 0.495 e. The molecule has 0 aromatic heterocycles. The SMILES string of the molecule is CC[C@H]1OC=C[C@@H](OC(C)=O)[C@@H]1O. The molecule has 1 rings (SSSR count). The highest BCUT2D eigenvalue weighted by Crippen LogP contribution is 2.17. The second-order valence-corrected chi connectivity index (χ2v) is 2.98. The Morgan fingerprint density at radius 2 is 2.38 bits per heavy atom. The normalized spacial score (nSPS) is 32.4. The van der Waals surface area contributed by atoms with E-state index in [0.29, 0.717) is 6.42 Å². The van der Waals surface area contributed by atoms with Crippen LogP contribution < -0.4 is 0 Å². The highest BCUT2D eigenvalue weighted by atomic mass is 16.6. The lowest BCUT2D eigenvalue weighted by Crippen LogP contribution is -2.41. The van der Waals surface area contributed by atoms with Gasteiger partial charge in [-0.1, -0.05) is 6.92 Å². The molecule has 4 nitrogen and oxygen atoms in total. The molecule has 0 bridgehead atoms. The average molecular weight is 186 g/mol. The van der Waals surface area contributed by atoms with Crippen LogP contribution in [0, 0.1) is 0 Å². The second-order valence-electron chi connectivity index (χ2n) is 2.98. The third-order valence-corrected chi connectivity index (χ3v) is 1.94. The third kappa shape index (κ3) is 2.45. The number of esters is 1. The first kappa shape index (κ1) is 10.1. The molecule has 4 heteroatoms. The molecule has 0 fully saturated rings. The van der Waals surface area contributed by atoms with Gasteiger partial charge in [0.1, 0.15) is 12.2 Å². The second kappa shape index (κ2) is 4.28. The van der Waals surface area contributed by atoms with Gasteiger partial charge in [0.15, 0.2) is 6.10 Å². The minimum Gasteiger partial charge on any atom is -0.495 e. The lowest BCUT2D eigenvalue weighted by molar-refractivity contribution is -0.155. The van der Waals surface area contributed by atoms with Gasteiger partial charge in [0.25, 0.3) is 0 Å². The van der Waals surface area contributed by atoms with E-state index in [1.54, 1.807) is 0 Å². The van der Waals surface area contributed by atoms with Crippen LogP contribution in [0.15, 0.2) is 12.3 Å². The predicted octanol–water partition coefficient (Wildman–Crippen LogP) is 0.601. The molecule has 13 heavy (non-hydrogen) atoms. The van der Waals surface area contributed by atoms with Crippen LogP contribution in [-0.2, 0) is 14.3 Å². The minimum atomic E-state index is -0.765. The molecule has 1 heterocycles. The Kier molecular flexibility index (Phi) is 3.31. The van der Waals surface area contributed by atoms with E-state index in [1.807, 2.05) is 6.92 Å². The van der Waals surface area contributed by atoms with Crippen LogP contribution >= 0.6 is 0 Å². The predicted molar refractivity (Wildman–Crippen MR) is 45.9 cm³/mol. The lowest BCUT2D eigenvalue weighted by Gasteiger charge is -2.29. The number of hydrogen-bond donors (Lipinski definition) is 1. The number of carbonyl (C=O) groups is 1. The molecule has 0 aromatic carbocycles. The Bertz CT molecular complexity index is 212. The number of rotatable bonds is 2. The van der Waals surface area contributed by atoms with Crippen molar-refractivity contribution in [1.82, 2.24) is 0 Å². The van der Waals surface area contributed by atoms with Gasteiger partial charge in [-0.15, -0.1) is 0 Å². The van der Waals surface area contributed by atoms with Crippen molar-refractivity contribution >= 4 is 5.97 Å². The highest BCUT2D eigenvalue weighted by Gasteiger charge is 2.30. The summed E-state index contributed by atoms with van der Waals surface area (Å²) in [6.45, 7) is 3.22. The Morgan fingerprint density at radius 3 is 2.92 bits per heavy atom. The van der Waals surface area contributed by atoms with Crippen molar-refractivity contribution in [3.63, 3.8) is 0 Å². The first-order valence-electron chi connectivity index (χ1n) is 4.32. The van der Waals surface area contributed by atoms with Crippen molar-refractivity contribution in [3.05, 3.63) is 12.3 Å². The number of hydrogen-bond acceptors (Lipinski definition) is 4.